The van der Waals surface area contributed by atoms with Crippen LogP contribution in [0.5, 0.6) is 11.5 Å². The Labute approximate surface area is 262 Å². The summed E-state index contributed by atoms with van der Waals surface area (Å²) in [6.07, 6.45) is -1.21. The highest BCUT2D eigenvalue weighted by atomic mass is 16.7. The molecule has 2 saturated heterocycles. The van der Waals surface area contributed by atoms with Crippen LogP contribution in [0.2, 0.25) is 0 Å². The fourth-order valence-electron chi connectivity index (χ4n) is 6.05. The summed E-state index contributed by atoms with van der Waals surface area (Å²) in [5.74, 6) is -2.30. The summed E-state index contributed by atoms with van der Waals surface area (Å²) in [7, 11) is 1.41. The Morgan fingerprint density at radius 3 is 2.35 bits per heavy atom. The first kappa shape index (κ1) is 28.7. The van der Waals surface area contributed by atoms with Crippen LogP contribution in [0, 0.1) is 16.0 Å². The maximum absolute atomic E-state index is 14.3. The van der Waals surface area contributed by atoms with Crippen molar-refractivity contribution < 1.29 is 33.6 Å². The van der Waals surface area contributed by atoms with Crippen LogP contribution < -0.4 is 19.4 Å². The number of anilines is 2. The highest BCUT2D eigenvalue weighted by Gasteiger charge is 2.60. The number of hydroxylamine groups is 1. The van der Waals surface area contributed by atoms with Gasteiger partial charge in [0.05, 0.1) is 35.0 Å². The lowest BCUT2D eigenvalue weighted by Crippen LogP contribution is -2.37. The summed E-state index contributed by atoms with van der Waals surface area (Å²) in [5, 5.41) is 14.6. The number of non-ortho nitro benzene ring substituents is 1. The molecular weight excluding hydrogens is 590 g/mol. The third-order valence-corrected chi connectivity index (χ3v) is 8.16. The lowest BCUT2D eigenvalue weighted by atomic mass is 9.90. The zero-order chi connectivity index (χ0) is 31.9. The van der Waals surface area contributed by atoms with Gasteiger partial charge in [-0.1, -0.05) is 66.7 Å². The van der Waals surface area contributed by atoms with E-state index in [9.17, 15) is 24.5 Å². The number of hydrogen-bond donors (Lipinski definition) is 0. The molecule has 228 valence electrons. The number of ether oxygens (including phenoxy) is 2. The number of rotatable bonds is 7. The van der Waals surface area contributed by atoms with Gasteiger partial charge >= 0.3 is 5.97 Å². The smallest absolute Gasteiger partial charge is 0.343 e. The average molecular weight is 616 g/mol. The molecule has 7 rings (SSSR count). The second-order valence-corrected chi connectivity index (χ2v) is 10.8. The first-order chi connectivity index (χ1) is 22.4. The van der Waals surface area contributed by atoms with Crippen LogP contribution in [0.3, 0.4) is 0 Å². The molecule has 2 aliphatic heterocycles. The molecular formula is C35H25N3O8. The Morgan fingerprint density at radius 1 is 0.826 bits per heavy atom. The molecule has 3 atom stereocenters. The first-order valence-corrected chi connectivity index (χ1v) is 14.4. The van der Waals surface area contributed by atoms with Gasteiger partial charge in [0.15, 0.2) is 17.6 Å². The molecule has 2 amide bonds. The summed E-state index contributed by atoms with van der Waals surface area (Å²) < 4.78 is 11.2. The number of hydrogen-bond acceptors (Lipinski definition) is 9. The van der Waals surface area contributed by atoms with Gasteiger partial charge in [0.25, 0.3) is 11.6 Å². The van der Waals surface area contributed by atoms with Crippen molar-refractivity contribution >= 4 is 45.6 Å². The molecule has 0 radical (unpaired) electrons. The van der Waals surface area contributed by atoms with Gasteiger partial charge in [-0.15, -0.1) is 0 Å². The molecule has 5 aromatic rings. The topological polar surface area (TPSA) is 129 Å². The monoisotopic (exact) mass is 615 g/mol. The van der Waals surface area contributed by atoms with E-state index in [4.69, 9.17) is 14.3 Å². The Bertz CT molecular complexity index is 2030. The van der Waals surface area contributed by atoms with Crippen molar-refractivity contribution in [3.05, 3.63) is 137 Å². The molecule has 0 aromatic heterocycles. The fraction of sp³-hybridized carbons (Fsp3) is 0.114. The molecule has 0 spiro atoms. The Balaban J connectivity index is 1.31. The maximum Gasteiger partial charge on any atom is 0.343 e. The fourth-order valence-corrected chi connectivity index (χ4v) is 6.05. The number of benzene rings is 5. The van der Waals surface area contributed by atoms with E-state index < -0.39 is 40.8 Å². The number of fused-ring (bicyclic) bond motifs is 2. The second-order valence-electron chi connectivity index (χ2n) is 10.8. The Morgan fingerprint density at radius 2 is 1.57 bits per heavy atom. The van der Waals surface area contributed by atoms with E-state index in [1.165, 1.54) is 36.4 Å². The molecule has 0 N–H and O–H groups in total. The number of carbonyl (C=O) groups is 3. The molecule has 5 aromatic carbocycles. The van der Waals surface area contributed by atoms with Crippen LogP contribution in [-0.2, 0) is 14.4 Å². The lowest BCUT2D eigenvalue weighted by Gasteiger charge is -2.29. The van der Waals surface area contributed by atoms with Crippen molar-refractivity contribution in [1.29, 1.82) is 0 Å². The third kappa shape index (κ3) is 4.79. The summed E-state index contributed by atoms with van der Waals surface area (Å²) in [4.78, 5) is 59.5. The molecule has 0 bridgehead atoms. The number of methoxy groups -OCH3 is 1. The standard InChI is InChI=1S/C35H25N3O8/c1-44-29-19-23(17-18-28(29)45-35(41)22-10-3-2-4-11-22)31-30-32(46-37(31)24-13-8-14-25(20-24)38(42)43)34(40)36(33(30)39)27-16-7-12-21-9-5-6-15-26(21)27/h2-20,30-32H,1H3. The van der Waals surface area contributed by atoms with Crippen molar-refractivity contribution in [2.24, 2.45) is 5.92 Å². The maximum atomic E-state index is 14.3. The van der Waals surface area contributed by atoms with Crippen molar-refractivity contribution in [2.45, 2.75) is 12.1 Å². The van der Waals surface area contributed by atoms with Gasteiger partial charge in [0.2, 0.25) is 5.91 Å². The van der Waals surface area contributed by atoms with Gasteiger partial charge in [-0.3, -0.25) is 24.5 Å². The summed E-state index contributed by atoms with van der Waals surface area (Å²) in [6.45, 7) is 0. The minimum Gasteiger partial charge on any atom is -0.493 e. The number of carbonyl (C=O) groups excluding carboxylic acids is 3. The molecule has 0 saturated carbocycles. The van der Waals surface area contributed by atoms with Crippen molar-refractivity contribution in [3.8, 4) is 11.5 Å². The van der Waals surface area contributed by atoms with Crippen LogP contribution >= 0.6 is 0 Å². The second kappa shape index (κ2) is 11.5. The molecule has 11 nitrogen and oxygen atoms in total. The van der Waals surface area contributed by atoms with Gasteiger partial charge in [-0.05, 0) is 47.3 Å². The van der Waals surface area contributed by atoms with E-state index in [2.05, 4.69) is 0 Å². The van der Waals surface area contributed by atoms with Crippen molar-refractivity contribution in [2.75, 3.05) is 17.1 Å². The molecule has 2 aliphatic rings. The molecule has 3 unspecified atom stereocenters. The number of esters is 1. The summed E-state index contributed by atoms with van der Waals surface area (Å²) in [5.41, 5.74) is 1.38. The molecule has 2 heterocycles. The Hall–Kier alpha value is -6.07. The van der Waals surface area contributed by atoms with Gasteiger partial charge in [-0.2, -0.15) is 0 Å². The van der Waals surface area contributed by atoms with Gasteiger partial charge in [-0.25, -0.2) is 14.8 Å². The highest BCUT2D eigenvalue weighted by molar-refractivity contribution is 6.26. The quantitative estimate of drug-likeness (QED) is 0.0709. The van der Waals surface area contributed by atoms with Gasteiger partial charge in [0.1, 0.15) is 5.92 Å². The lowest BCUT2D eigenvalue weighted by molar-refractivity contribution is -0.384. The van der Waals surface area contributed by atoms with Crippen LogP contribution in [0.1, 0.15) is 22.0 Å². The van der Waals surface area contributed by atoms with E-state index in [1.54, 1.807) is 60.7 Å². The SMILES string of the molecule is COc1cc(C2C3C(=O)N(c4cccc5ccccc45)C(=O)C3ON2c2cccc([N+](=O)[O-])c2)ccc1OC(=O)c1ccccc1. The van der Waals surface area contributed by atoms with E-state index in [0.29, 0.717) is 16.8 Å². The first-order valence-electron chi connectivity index (χ1n) is 14.4. The zero-order valence-corrected chi connectivity index (χ0v) is 24.3. The Kier molecular flexibility index (Phi) is 7.14. The third-order valence-electron chi connectivity index (χ3n) is 8.16. The zero-order valence-electron chi connectivity index (χ0n) is 24.3. The van der Waals surface area contributed by atoms with E-state index in [1.807, 2.05) is 30.3 Å². The van der Waals surface area contributed by atoms with Crippen molar-refractivity contribution in [1.82, 2.24) is 0 Å². The minimum absolute atomic E-state index is 0.142. The normalized spacial score (nSPS) is 18.9. The minimum atomic E-state index is -1.21. The van der Waals surface area contributed by atoms with Crippen LogP contribution in [-0.4, -0.2) is 35.9 Å². The van der Waals surface area contributed by atoms with E-state index in [-0.39, 0.29) is 22.9 Å². The molecule has 46 heavy (non-hydrogen) atoms. The van der Waals surface area contributed by atoms with Crippen LogP contribution in [0.25, 0.3) is 10.8 Å². The van der Waals surface area contributed by atoms with E-state index in [0.717, 1.165) is 15.7 Å². The number of nitrogens with zero attached hydrogens (tertiary/aromatic N) is 3. The number of nitro benzene ring substituents is 1. The number of amides is 2. The number of imide groups is 1. The summed E-state index contributed by atoms with van der Waals surface area (Å²) >= 11 is 0. The molecule has 11 heteroatoms. The molecule has 0 aliphatic carbocycles. The predicted octanol–water partition coefficient (Wildman–Crippen LogP) is 6.03. The highest BCUT2D eigenvalue weighted by Crippen LogP contribution is 2.49. The van der Waals surface area contributed by atoms with Gasteiger partial charge in [0, 0.05) is 17.5 Å². The van der Waals surface area contributed by atoms with Gasteiger partial charge < -0.3 is 9.47 Å². The van der Waals surface area contributed by atoms with Crippen molar-refractivity contribution in [3.63, 3.8) is 0 Å². The van der Waals surface area contributed by atoms with E-state index >= 15 is 0 Å². The predicted molar refractivity (Wildman–Crippen MR) is 168 cm³/mol. The summed E-state index contributed by atoms with van der Waals surface area (Å²) in [6, 6.07) is 31.0. The molecule has 2 fully saturated rings. The number of nitro groups is 1. The average Bonchev–Trinajstić information content (AvgIpc) is 3.60. The van der Waals surface area contributed by atoms with Crippen LogP contribution in [0.15, 0.2) is 115 Å². The largest absolute Gasteiger partial charge is 0.493 e. The van der Waals surface area contributed by atoms with Crippen LogP contribution in [0.4, 0.5) is 17.1 Å².